The third-order valence-corrected chi connectivity index (χ3v) is 2.60. The first-order valence-electron chi connectivity index (χ1n) is 5.02. The third-order valence-electron chi connectivity index (χ3n) is 2.16. The smallest absolute Gasteiger partial charge is 0.272 e. The van der Waals surface area contributed by atoms with Crippen LogP contribution in [0.25, 0.3) is 0 Å². The van der Waals surface area contributed by atoms with Crippen molar-refractivity contribution in [3.05, 3.63) is 29.0 Å². The van der Waals surface area contributed by atoms with Crippen molar-refractivity contribution in [2.24, 2.45) is 0 Å². The van der Waals surface area contributed by atoms with Crippen molar-refractivity contribution in [2.45, 2.75) is 18.7 Å². The van der Waals surface area contributed by atoms with Gasteiger partial charge >= 0.3 is 0 Å². The molecule has 0 saturated carbocycles. The summed E-state index contributed by atoms with van der Waals surface area (Å²) in [5.74, 6) is -0.117. The van der Waals surface area contributed by atoms with Crippen molar-refractivity contribution in [3.8, 4) is 0 Å². The van der Waals surface area contributed by atoms with Gasteiger partial charge in [-0.25, -0.2) is 4.98 Å². The van der Waals surface area contributed by atoms with E-state index in [9.17, 15) is 4.79 Å². The van der Waals surface area contributed by atoms with Gasteiger partial charge in [0.15, 0.2) is 0 Å². The largest absolute Gasteiger partial charge is 0.340 e. The van der Waals surface area contributed by atoms with Gasteiger partial charge < -0.3 is 4.90 Å². The summed E-state index contributed by atoms with van der Waals surface area (Å²) >= 11 is 11.5. The molecule has 1 atom stereocenters. The Bertz CT molecular complexity index is 352. The fraction of sp³-hybridized carbons (Fsp3) is 0.455. The van der Waals surface area contributed by atoms with Crippen LogP contribution >= 0.6 is 23.2 Å². The van der Waals surface area contributed by atoms with E-state index < -0.39 is 0 Å². The van der Waals surface area contributed by atoms with Crippen LogP contribution in [0.5, 0.6) is 0 Å². The van der Waals surface area contributed by atoms with Gasteiger partial charge in [0, 0.05) is 25.2 Å². The van der Waals surface area contributed by atoms with Crippen molar-refractivity contribution in [1.82, 2.24) is 9.88 Å². The summed E-state index contributed by atoms with van der Waals surface area (Å²) in [6.45, 7) is 2.52. The number of carbonyl (C=O) groups excluding carboxylic acids is 1. The molecule has 0 aromatic carbocycles. The molecule has 0 radical (unpaired) electrons. The lowest BCUT2D eigenvalue weighted by Crippen LogP contribution is -2.29. The molecule has 1 heterocycles. The van der Waals surface area contributed by atoms with Crippen LogP contribution in [0.15, 0.2) is 18.3 Å². The lowest BCUT2D eigenvalue weighted by atomic mass is 10.3. The molecule has 1 aromatic rings. The molecule has 0 aliphatic carbocycles. The molecule has 0 aliphatic heterocycles. The van der Waals surface area contributed by atoms with E-state index in [1.807, 2.05) is 6.92 Å². The molecule has 1 aromatic heterocycles. The topological polar surface area (TPSA) is 33.2 Å². The zero-order chi connectivity index (χ0) is 12.1. The molecule has 0 aliphatic rings. The van der Waals surface area contributed by atoms with Crippen molar-refractivity contribution in [3.63, 3.8) is 0 Å². The summed E-state index contributed by atoms with van der Waals surface area (Å²) in [5.41, 5.74) is 0.397. The quantitative estimate of drug-likeness (QED) is 0.781. The number of nitrogens with zero attached hydrogens (tertiary/aromatic N) is 2. The first-order valence-corrected chi connectivity index (χ1v) is 5.83. The number of carbonyl (C=O) groups is 1. The van der Waals surface area contributed by atoms with Crippen LogP contribution in [-0.2, 0) is 0 Å². The van der Waals surface area contributed by atoms with Crippen LogP contribution in [-0.4, -0.2) is 34.8 Å². The number of rotatable bonds is 4. The summed E-state index contributed by atoms with van der Waals surface area (Å²) in [5, 5.41) is 0.585. The summed E-state index contributed by atoms with van der Waals surface area (Å²) in [6.07, 6.45) is 2.23. The Kier molecular flexibility index (Phi) is 5.03. The lowest BCUT2D eigenvalue weighted by molar-refractivity contribution is 0.0788. The van der Waals surface area contributed by atoms with E-state index in [2.05, 4.69) is 4.98 Å². The Hall–Kier alpha value is -0.800. The van der Waals surface area contributed by atoms with Gasteiger partial charge in [-0.1, -0.05) is 11.6 Å². The molecule has 1 unspecified atom stereocenters. The van der Waals surface area contributed by atoms with Crippen molar-refractivity contribution < 1.29 is 4.79 Å². The van der Waals surface area contributed by atoms with Gasteiger partial charge in [-0.2, -0.15) is 0 Å². The third kappa shape index (κ3) is 3.99. The highest BCUT2D eigenvalue weighted by Gasteiger charge is 2.13. The summed E-state index contributed by atoms with van der Waals surface area (Å²) in [6, 6.07) is 3.27. The number of alkyl halides is 1. The van der Waals surface area contributed by atoms with E-state index in [0.29, 0.717) is 17.3 Å². The lowest BCUT2D eigenvalue weighted by Gasteiger charge is -2.17. The molecule has 16 heavy (non-hydrogen) atoms. The number of amides is 1. The molecule has 0 spiro atoms. The predicted molar refractivity (Wildman–Crippen MR) is 66.1 cm³/mol. The molecule has 3 nitrogen and oxygen atoms in total. The van der Waals surface area contributed by atoms with E-state index in [4.69, 9.17) is 23.2 Å². The maximum Gasteiger partial charge on any atom is 0.272 e. The number of hydrogen-bond acceptors (Lipinski definition) is 2. The second-order valence-corrected chi connectivity index (χ2v) is 4.84. The number of hydrogen-bond donors (Lipinski definition) is 0. The van der Waals surface area contributed by atoms with Crippen LogP contribution in [0.2, 0.25) is 5.02 Å². The molecule has 1 rings (SSSR count). The number of pyridine rings is 1. The van der Waals surface area contributed by atoms with Gasteiger partial charge in [0.05, 0.1) is 5.02 Å². The zero-order valence-electron chi connectivity index (χ0n) is 9.28. The first kappa shape index (κ1) is 13.3. The molecule has 0 saturated heterocycles. The minimum Gasteiger partial charge on any atom is -0.340 e. The van der Waals surface area contributed by atoms with Crippen LogP contribution in [0, 0.1) is 0 Å². The van der Waals surface area contributed by atoms with Crippen LogP contribution < -0.4 is 0 Å². The van der Waals surface area contributed by atoms with Gasteiger partial charge in [0.2, 0.25) is 0 Å². The monoisotopic (exact) mass is 260 g/mol. The van der Waals surface area contributed by atoms with Crippen LogP contribution in [0.3, 0.4) is 0 Å². The molecule has 88 valence electrons. The second kappa shape index (κ2) is 6.06. The average molecular weight is 261 g/mol. The van der Waals surface area contributed by atoms with Crippen molar-refractivity contribution in [1.29, 1.82) is 0 Å². The minimum absolute atomic E-state index is 0.0634. The summed E-state index contributed by atoms with van der Waals surface area (Å²) in [7, 11) is 1.73. The highest BCUT2D eigenvalue weighted by Crippen LogP contribution is 2.08. The SMILES string of the molecule is CC(Cl)CCN(C)C(=O)c1ccc(Cl)cn1. The molecule has 0 bridgehead atoms. The maximum atomic E-state index is 11.8. The predicted octanol–water partition coefficient (Wildman–Crippen LogP) is 2.82. The molecule has 1 amide bonds. The second-order valence-electron chi connectivity index (χ2n) is 3.66. The van der Waals surface area contributed by atoms with Gasteiger partial charge in [0.1, 0.15) is 5.69 Å². The molecular formula is C11H14Cl2N2O. The van der Waals surface area contributed by atoms with Crippen molar-refractivity contribution in [2.75, 3.05) is 13.6 Å². The highest BCUT2D eigenvalue weighted by atomic mass is 35.5. The Morgan fingerprint density at radius 1 is 1.56 bits per heavy atom. The normalized spacial score (nSPS) is 12.2. The van der Waals surface area contributed by atoms with Gasteiger partial charge in [-0.05, 0) is 25.5 Å². The van der Waals surface area contributed by atoms with Gasteiger partial charge in [-0.15, -0.1) is 11.6 Å². The highest BCUT2D eigenvalue weighted by molar-refractivity contribution is 6.30. The fourth-order valence-corrected chi connectivity index (χ4v) is 1.38. The fourth-order valence-electron chi connectivity index (χ4n) is 1.17. The molecule has 5 heteroatoms. The van der Waals surface area contributed by atoms with E-state index in [-0.39, 0.29) is 11.3 Å². The first-order chi connectivity index (χ1) is 7.50. The van der Waals surface area contributed by atoms with E-state index >= 15 is 0 Å². The average Bonchev–Trinajstić information content (AvgIpc) is 2.26. The number of halogens is 2. The van der Waals surface area contributed by atoms with Crippen molar-refractivity contribution >= 4 is 29.1 Å². The zero-order valence-corrected chi connectivity index (χ0v) is 10.8. The Labute approximate surface area is 105 Å². The standard InChI is InChI=1S/C11H14Cl2N2O/c1-8(12)5-6-15(2)11(16)10-4-3-9(13)7-14-10/h3-4,7-8H,5-6H2,1-2H3. The number of aromatic nitrogens is 1. The van der Waals surface area contributed by atoms with E-state index in [0.717, 1.165) is 6.42 Å². The molecular weight excluding hydrogens is 247 g/mol. The Balaban J connectivity index is 2.60. The van der Waals surface area contributed by atoms with Gasteiger partial charge in [0.25, 0.3) is 5.91 Å². The maximum absolute atomic E-state index is 11.8. The summed E-state index contributed by atoms with van der Waals surface area (Å²) < 4.78 is 0. The van der Waals surface area contributed by atoms with E-state index in [1.165, 1.54) is 6.20 Å². The molecule has 0 fully saturated rings. The summed E-state index contributed by atoms with van der Waals surface area (Å²) in [4.78, 5) is 17.4. The van der Waals surface area contributed by atoms with Gasteiger partial charge in [-0.3, -0.25) is 4.79 Å². The Morgan fingerprint density at radius 3 is 2.75 bits per heavy atom. The Morgan fingerprint density at radius 2 is 2.25 bits per heavy atom. The van der Waals surface area contributed by atoms with Crippen LogP contribution in [0.4, 0.5) is 0 Å². The van der Waals surface area contributed by atoms with E-state index in [1.54, 1.807) is 24.1 Å². The van der Waals surface area contributed by atoms with Crippen LogP contribution in [0.1, 0.15) is 23.8 Å². The minimum atomic E-state index is -0.117. The molecule has 0 N–H and O–H groups in total.